The first-order valence-corrected chi connectivity index (χ1v) is 8.92. The van der Waals surface area contributed by atoms with Crippen molar-refractivity contribution in [3.63, 3.8) is 0 Å². The molecule has 1 aromatic rings. The highest BCUT2D eigenvalue weighted by Gasteiger charge is 2.24. The summed E-state index contributed by atoms with van der Waals surface area (Å²) in [5, 5.41) is 3.37. The average molecular weight is 316 g/mol. The number of nitrogens with one attached hydrogen (secondary N) is 1. The van der Waals surface area contributed by atoms with Gasteiger partial charge in [0, 0.05) is 32.4 Å². The summed E-state index contributed by atoms with van der Waals surface area (Å²) in [6.45, 7) is 5.94. The van der Waals surface area contributed by atoms with Crippen molar-refractivity contribution in [2.75, 3.05) is 26.2 Å². The molecule has 2 aliphatic rings. The largest absolute Gasteiger partial charge is 0.490 e. The number of carbonyl (C=O) groups excluding carboxylic acids is 1. The van der Waals surface area contributed by atoms with Crippen LogP contribution in [0.4, 0.5) is 0 Å². The van der Waals surface area contributed by atoms with Gasteiger partial charge in [-0.3, -0.25) is 4.79 Å². The van der Waals surface area contributed by atoms with Crippen LogP contribution in [0.25, 0.3) is 0 Å². The van der Waals surface area contributed by atoms with Gasteiger partial charge in [0.25, 0.3) is 0 Å². The zero-order valence-corrected chi connectivity index (χ0v) is 14.1. The number of ether oxygens (including phenoxy) is 1. The summed E-state index contributed by atoms with van der Waals surface area (Å²) in [4.78, 5) is 14.3. The Morgan fingerprint density at radius 3 is 2.61 bits per heavy atom. The Balaban J connectivity index is 1.39. The molecule has 2 fully saturated rings. The van der Waals surface area contributed by atoms with Crippen molar-refractivity contribution in [2.24, 2.45) is 5.92 Å². The van der Waals surface area contributed by atoms with Gasteiger partial charge >= 0.3 is 0 Å². The molecule has 23 heavy (non-hydrogen) atoms. The second kappa shape index (κ2) is 7.82. The molecule has 4 heteroatoms. The maximum atomic E-state index is 12.3. The Bertz CT molecular complexity index is 501. The molecule has 0 aliphatic carbocycles. The van der Waals surface area contributed by atoms with E-state index >= 15 is 0 Å². The summed E-state index contributed by atoms with van der Waals surface area (Å²) in [5.74, 6) is 1.96. The van der Waals surface area contributed by atoms with E-state index in [2.05, 4.69) is 24.4 Å². The van der Waals surface area contributed by atoms with Crippen molar-refractivity contribution in [3.8, 4) is 5.75 Å². The highest BCUT2D eigenvalue weighted by atomic mass is 16.5. The van der Waals surface area contributed by atoms with Crippen LogP contribution in [0.3, 0.4) is 0 Å². The molecule has 2 saturated heterocycles. The van der Waals surface area contributed by atoms with E-state index in [1.165, 1.54) is 12.0 Å². The van der Waals surface area contributed by atoms with Crippen molar-refractivity contribution >= 4 is 5.91 Å². The van der Waals surface area contributed by atoms with Crippen molar-refractivity contribution in [2.45, 2.75) is 45.1 Å². The molecule has 1 N–H and O–H groups in total. The summed E-state index contributed by atoms with van der Waals surface area (Å²) in [7, 11) is 0. The van der Waals surface area contributed by atoms with Gasteiger partial charge in [0.05, 0.1) is 0 Å². The number of benzene rings is 1. The molecular formula is C19H28N2O2. The smallest absolute Gasteiger partial charge is 0.222 e. The van der Waals surface area contributed by atoms with Crippen LogP contribution in [0.15, 0.2) is 24.3 Å². The first kappa shape index (κ1) is 16.3. The fourth-order valence-electron chi connectivity index (χ4n) is 3.48. The molecular weight excluding hydrogens is 288 g/mol. The quantitative estimate of drug-likeness (QED) is 0.908. The van der Waals surface area contributed by atoms with Gasteiger partial charge in [-0.1, -0.05) is 17.7 Å². The van der Waals surface area contributed by atoms with Crippen LogP contribution in [0.5, 0.6) is 5.75 Å². The molecule has 0 radical (unpaired) electrons. The summed E-state index contributed by atoms with van der Waals surface area (Å²) < 4.78 is 6.03. The van der Waals surface area contributed by atoms with Crippen LogP contribution < -0.4 is 10.1 Å². The first-order chi connectivity index (χ1) is 11.2. The molecule has 1 aromatic carbocycles. The third-order valence-electron chi connectivity index (χ3n) is 5.05. The Morgan fingerprint density at radius 1 is 1.22 bits per heavy atom. The van der Waals surface area contributed by atoms with Gasteiger partial charge in [0.2, 0.25) is 5.91 Å². The van der Waals surface area contributed by atoms with Crippen LogP contribution >= 0.6 is 0 Å². The minimum atomic E-state index is 0.237. The minimum Gasteiger partial charge on any atom is -0.490 e. The zero-order chi connectivity index (χ0) is 16.1. The molecule has 4 nitrogen and oxygen atoms in total. The highest BCUT2D eigenvalue weighted by molar-refractivity contribution is 5.76. The molecule has 0 aromatic heterocycles. The van der Waals surface area contributed by atoms with Crippen molar-refractivity contribution in [1.29, 1.82) is 0 Å². The predicted molar refractivity (Wildman–Crippen MR) is 91.6 cm³/mol. The highest BCUT2D eigenvalue weighted by Crippen LogP contribution is 2.21. The van der Waals surface area contributed by atoms with E-state index in [9.17, 15) is 4.79 Å². The van der Waals surface area contributed by atoms with E-state index < -0.39 is 0 Å². The topological polar surface area (TPSA) is 41.6 Å². The van der Waals surface area contributed by atoms with Gasteiger partial charge in [-0.2, -0.15) is 0 Å². The van der Waals surface area contributed by atoms with Crippen molar-refractivity contribution in [3.05, 3.63) is 29.8 Å². The van der Waals surface area contributed by atoms with E-state index in [0.29, 0.717) is 18.2 Å². The number of hydrogen-bond donors (Lipinski definition) is 1. The standard InChI is InChI=1S/C19H28N2O2/c1-15-2-5-17(6-3-15)23-18-9-12-21(13-10-18)19(22)7-4-16-8-11-20-14-16/h2-3,5-6,16,18,20H,4,7-14H2,1H3. The number of carbonyl (C=O) groups is 1. The number of aryl methyl sites for hydroxylation is 1. The van der Waals surface area contributed by atoms with E-state index in [-0.39, 0.29) is 6.10 Å². The lowest BCUT2D eigenvalue weighted by Gasteiger charge is -2.32. The second-order valence-electron chi connectivity index (χ2n) is 6.91. The summed E-state index contributed by atoms with van der Waals surface area (Å²) in [6, 6.07) is 8.21. The van der Waals surface area contributed by atoms with Gasteiger partial charge in [-0.05, 0) is 50.9 Å². The van der Waals surface area contributed by atoms with Gasteiger partial charge in [0.1, 0.15) is 11.9 Å². The Kier molecular flexibility index (Phi) is 5.55. The molecule has 0 saturated carbocycles. The monoisotopic (exact) mass is 316 g/mol. The van der Waals surface area contributed by atoms with Gasteiger partial charge in [-0.25, -0.2) is 0 Å². The zero-order valence-electron chi connectivity index (χ0n) is 14.1. The van der Waals surface area contributed by atoms with Crippen LogP contribution in [-0.2, 0) is 4.79 Å². The summed E-state index contributed by atoms with van der Waals surface area (Å²) in [6.07, 6.45) is 5.07. The normalized spacial score (nSPS) is 22.3. The molecule has 1 atom stereocenters. The third kappa shape index (κ3) is 4.71. The van der Waals surface area contributed by atoms with E-state index in [1.807, 2.05) is 17.0 Å². The number of likely N-dealkylation sites (tertiary alicyclic amines) is 1. The fourth-order valence-corrected chi connectivity index (χ4v) is 3.48. The number of amides is 1. The second-order valence-corrected chi connectivity index (χ2v) is 6.91. The Morgan fingerprint density at radius 2 is 1.96 bits per heavy atom. The maximum absolute atomic E-state index is 12.3. The van der Waals surface area contributed by atoms with Crippen molar-refractivity contribution < 1.29 is 9.53 Å². The number of rotatable bonds is 5. The molecule has 1 unspecified atom stereocenters. The van der Waals surface area contributed by atoms with Gasteiger partial charge in [-0.15, -0.1) is 0 Å². The number of hydrogen-bond acceptors (Lipinski definition) is 3. The van der Waals surface area contributed by atoms with Gasteiger partial charge < -0.3 is 15.0 Å². The molecule has 126 valence electrons. The van der Waals surface area contributed by atoms with Crippen molar-refractivity contribution in [1.82, 2.24) is 10.2 Å². The number of nitrogens with zero attached hydrogens (tertiary/aromatic N) is 1. The van der Waals surface area contributed by atoms with Crippen LogP contribution in [0.2, 0.25) is 0 Å². The van der Waals surface area contributed by atoms with E-state index in [4.69, 9.17) is 4.74 Å². The molecule has 0 bridgehead atoms. The lowest BCUT2D eigenvalue weighted by Crippen LogP contribution is -2.41. The predicted octanol–water partition coefficient (Wildman–Crippen LogP) is 2.75. The van der Waals surface area contributed by atoms with Crippen LogP contribution in [-0.4, -0.2) is 43.1 Å². The SMILES string of the molecule is Cc1ccc(OC2CCN(C(=O)CCC3CCNC3)CC2)cc1. The first-order valence-electron chi connectivity index (χ1n) is 8.92. The van der Waals surface area contributed by atoms with E-state index in [0.717, 1.165) is 51.2 Å². The Labute approximate surface area is 139 Å². The molecule has 1 amide bonds. The van der Waals surface area contributed by atoms with Crippen LogP contribution in [0, 0.1) is 12.8 Å². The van der Waals surface area contributed by atoms with E-state index in [1.54, 1.807) is 0 Å². The summed E-state index contributed by atoms with van der Waals surface area (Å²) in [5.41, 5.74) is 1.25. The van der Waals surface area contributed by atoms with Gasteiger partial charge in [0.15, 0.2) is 0 Å². The Hall–Kier alpha value is -1.55. The lowest BCUT2D eigenvalue weighted by molar-refractivity contribution is -0.133. The molecule has 3 rings (SSSR count). The maximum Gasteiger partial charge on any atom is 0.222 e. The minimum absolute atomic E-state index is 0.237. The molecule has 2 aliphatic heterocycles. The van der Waals surface area contributed by atoms with Crippen LogP contribution in [0.1, 0.15) is 37.7 Å². The average Bonchev–Trinajstić information content (AvgIpc) is 3.09. The molecule has 2 heterocycles. The molecule has 0 spiro atoms. The lowest BCUT2D eigenvalue weighted by atomic mass is 10.0. The summed E-state index contributed by atoms with van der Waals surface area (Å²) >= 11 is 0. The fraction of sp³-hybridized carbons (Fsp3) is 0.632. The third-order valence-corrected chi connectivity index (χ3v) is 5.05. The number of piperidine rings is 1.